The van der Waals surface area contributed by atoms with Crippen molar-refractivity contribution in [3.8, 4) is 0 Å². The molecule has 1 aromatic heterocycles. The standard InChI is InChI=1S/C13H12O2S/c1-2-15-13(14)6-4-10-3-5-12-11(9-10)7-8-16-12/h3-9H,2H2,1H3/b6-4+. The number of carbonyl (C=O) groups excluding carboxylic acids is 1. The van der Waals surface area contributed by atoms with Gasteiger partial charge in [0.1, 0.15) is 0 Å². The van der Waals surface area contributed by atoms with E-state index in [2.05, 4.69) is 23.6 Å². The van der Waals surface area contributed by atoms with Gasteiger partial charge < -0.3 is 4.74 Å². The van der Waals surface area contributed by atoms with Crippen LogP contribution in [0.4, 0.5) is 0 Å². The summed E-state index contributed by atoms with van der Waals surface area (Å²) in [6, 6.07) is 8.18. The SMILES string of the molecule is CCOC(=O)/C=C/c1ccc2sccc2c1. The zero-order chi connectivity index (χ0) is 11.4. The summed E-state index contributed by atoms with van der Waals surface area (Å²) in [5, 5.41) is 3.26. The van der Waals surface area contributed by atoms with Crippen LogP contribution < -0.4 is 0 Å². The number of esters is 1. The molecule has 0 bridgehead atoms. The van der Waals surface area contributed by atoms with Gasteiger partial charge in [0.25, 0.3) is 0 Å². The van der Waals surface area contributed by atoms with Crippen LogP contribution in [0.25, 0.3) is 16.2 Å². The highest BCUT2D eigenvalue weighted by Gasteiger charge is 1.96. The topological polar surface area (TPSA) is 26.3 Å². The summed E-state index contributed by atoms with van der Waals surface area (Å²) < 4.78 is 6.07. The van der Waals surface area contributed by atoms with Crippen molar-refractivity contribution in [2.24, 2.45) is 0 Å². The van der Waals surface area contributed by atoms with Crippen molar-refractivity contribution < 1.29 is 9.53 Å². The summed E-state index contributed by atoms with van der Waals surface area (Å²) in [6.07, 6.45) is 3.23. The molecule has 0 spiro atoms. The number of rotatable bonds is 3. The van der Waals surface area contributed by atoms with E-state index in [0.29, 0.717) is 6.61 Å². The number of benzene rings is 1. The monoisotopic (exact) mass is 232 g/mol. The predicted molar refractivity (Wildman–Crippen MR) is 67.5 cm³/mol. The summed E-state index contributed by atoms with van der Waals surface area (Å²) in [5.74, 6) is -0.298. The molecule has 0 fully saturated rings. The lowest BCUT2D eigenvalue weighted by molar-refractivity contribution is -0.137. The molecule has 0 unspecified atom stereocenters. The highest BCUT2D eigenvalue weighted by Crippen LogP contribution is 2.22. The second-order valence-corrected chi connectivity index (χ2v) is 4.25. The van der Waals surface area contributed by atoms with Crippen molar-refractivity contribution in [3.05, 3.63) is 41.3 Å². The smallest absolute Gasteiger partial charge is 0.330 e. The van der Waals surface area contributed by atoms with E-state index < -0.39 is 0 Å². The Hall–Kier alpha value is -1.61. The third-order valence-corrected chi connectivity index (χ3v) is 3.07. The molecule has 0 aliphatic carbocycles. The fraction of sp³-hybridized carbons (Fsp3) is 0.154. The van der Waals surface area contributed by atoms with Crippen molar-refractivity contribution >= 4 is 33.5 Å². The summed E-state index contributed by atoms with van der Waals surface area (Å²) in [7, 11) is 0. The summed E-state index contributed by atoms with van der Waals surface area (Å²) in [4.78, 5) is 11.1. The molecule has 0 aliphatic rings. The van der Waals surface area contributed by atoms with E-state index in [0.717, 1.165) is 5.56 Å². The van der Waals surface area contributed by atoms with Crippen LogP contribution in [-0.4, -0.2) is 12.6 Å². The van der Waals surface area contributed by atoms with Gasteiger partial charge in [-0.05, 0) is 47.5 Å². The lowest BCUT2D eigenvalue weighted by Gasteiger charge is -1.96. The van der Waals surface area contributed by atoms with Crippen LogP contribution in [0.15, 0.2) is 35.7 Å². The Morgan fingerprint density at radius 1 is 1.44 bits per heavy atom. The quantitative estimate of drug-likeness (QED) is 0.598. The van der Waals surface area contributed by atoms with Crippen LogP contribution in [0, 0.1) is 0 Å². The number of carbonyl (C=O) groups is 1. The van der Waals surface area contributed by atoms with Gasteiger partial charge in [0.05, 0.1) is 6.61 Å². The molecule has 0 saturated carbocycles. The van der Waals surface area contributed by atoms with E-state index in [1.807, 2.05) is 6.07 Å². The molecule has 1 heterocycles. The van der Waals surface area contributed by atoms with Gasteiger partial charge in [0.2, 0.25) is 0 Å². The Morgan fingerprint density at radius 3 is 3.12 bits per heavy atom. The first kappa shape index (κ1) is 10.9. The van der Waals surface area contributed by atoms with Crippen LogP contribution in [0.2, 0.25) is 0 Å². The molecule has 3 heteroatoms. The third kappa shape index (κ3) is 2.49. The van der Waals surface area contributed by atoms with Gasteiger partial charge in [-0.2, -0.15) is 0 Å². The molecular weight excluding hydrogens is 220 g/mol. The summed E-state index contributed by atoms with van der Waals surface area (Å²) in [5.41, 5.74) is 1.01. The first-order chi connectivity index (χ1) is 7.79. The zero-order valence-corrected chi connectivity index (χ0v) is 9.79. The Morgan fingerprint density at radius 2 is 2.31 bits per heavy atom. The summed E-state index contributed by atoms with van der Waals surface area (Å²) in [6.45, 7) is 2.20. The predicted octanol–water partition coefficient (Wildman–Crippen LogP) is 3.48. The zero-order valence-electron chi connectivity index (χ0n) is 8.97. The maximum absolute atomic E-state index is 11.1. The Labute approximate surface area is 98.2 Å². The van der Waals surface area contributed by atoms with Gasteiger partial charge in [0, 0.05) is 10.8 Å². The molecule has 2 rings (SSSR count). The first-order valence-corrected chi connectivity index (χ1v) is 5.99. The molecule has 0 N–H and O–H groups in total. The minimum Gasteiger partial charge on any atom is -0.463 e. The van der Waals surface area contributed by atoms with E-state index in [-0.39, 0.29) is 5.97 Å². The lowest BCUT2D eigenvalue weighted by atomic mass is 10.1. The van der Waals surface area contributed by atoms with Gasteiger partial charge >= 0.3 is 5.97 Å². The minimum absolute atomic E-state index is 0.298. The largest absolute Gasteiger partial charge is 0.463 e. The third-order valence-electron chi connectivity index (χ3n) is 2.17. The van der Waals surface area contributed by atoms with Gasteiger partial charge in [-0.1, -0.05) is 6.07 Å². The molecular formula is C13H12O2S. The maximum atomic E-state index is 11.1. The number of ether oxygens (including phenoxy) is 1. The van der Waals surface area contributed by atoms with Gasteiger partial charge in [0.15, 0.2) is 0 Å². The molecule has 0 saturated heterocycles. The van der Waals surface area contributed by atoms with E-state index in [1.165, 1.54) is 16.2 Å². The number of fused-ring (bicyclic) bond motifs is 1. The van der Waals surface area contributed by atoms with Crippen LogP contribution in [0.5, 0.6) is 0 Å². The molecule has 2 aromatic rings. The normalized spacial score (nSPS) is 11.1. The van der Waals surface area contributed by atoms with Gasteiger partial charge in [-0.15, -0.1) is 11.3 Å². The fourth-order valence-electron chi connectivity index (χ4n) is 1.44. The highest BCUT2D eigenvalue weighted by atomic mass is 32.1. The minimum atomic E-state index is -0.298. The second kappa shape index (κ2) is 4.94. The molecule has 0 atom stereocenters. The van der Waals surface area contributed by atoms with E-state index in [9.17, 15) is 4.79 Å². The molecule has 2 nitrogen and oxygen atoms in total. The van der Waals surface area contributed by atoms with Crippen LogP contribution in [0.3, 0.4) is 0 Å². The van der Waals surface area contributed by atoms with Gasteiger partial charge in [-0.3, -0.25) is 0 Å². The van der Waals surface area contributed by atoms with E-state index >= 15 is 0 Å². The number of hydrogen-bond acceptors (Lipinski definition) is 3. The number of hydrogen-bond donors (Lipinski definition) is 0. The van der Waals surface area contributed by atoms with Gasteiger partial charge in [-0.25, -0.2) is 4.79 Å². The maximum Gasteiger partial charge on any atom is 0.330 e. The fourth-order valence-corrected chi connectivity index (χ4v) is 2.21. The van der Waals surface area contributed by atoms with Crippen molar-refractivity contribution in [1.29, 1.82) is 0 Å². The van der Waals surface area contributed by atoms with Crippen molar-refractivity contribution in [2.75, 3.05) is 6.61 Å². The Kier molecular flexibility index (Phi) is 3.37. The van der Waals surface area contributed by atoms with Crippen LogP contribution >= 0.6 is 11.3 Å². The molecule has 16 heavy (non-hydrogen) atoms. The molecule has 0 radical (unpaired) electrons. The molecule has 1 aromatic carbocycles. The average molecular weight is 232 g/mol. The highest BCUT2D eigenvalue weighted by molar-refractivity contribution is 7.17. The molecule has 82 valence electrons. The van der Waals surface area contributed by atoms with Crippen molar-refractivity contribution in [1.82, 2.24) is 0 Å². The second-order valence-electron chi connectivity index (χ2n) is 3.30. The molecule has 0 aliphatic heterocycles. The van der Waals surface area contributed by atoms with Crippen molar-refractivity contribution in [2.45, 2.75) is 6.92 Å². The first-order valence-electron chi connectivity index (χ1n) is 5.11. The number of thiophene rings is 1. The average Bonchev–Trinajstić information content (AvgIpc) is 2.74. The van der Waals surface area contributed by atoms with Crippen LogP contribution in [-0.2, 0) is 9.53 Å². The summed E-state index contributed by atoms with van der Waals surface area (Å²) >= 11 is 1.71. The lowest BCUT2D eigenvalue weighted by Crippen LogP contribution is -1.98. The van der Waals surface area contributed by atoms with E-state index in [1.54, 1.807) is 24.3 Å². The van der Waals surface area contributed by atoms with E-state index in [4.69, 9.17) is 4.74 Å². The molecule has 0 amide bonds. The Balaban J connectivity index is 2.17. The van der Waals surface area contributed by atoms with Crippen molar-refractivity contribution in [3.63, 3.8) is 0 Å². The Bertz CT molecular complexity index is 525. The van der Waals surface area contributed by atoms with Crippen LogP contribution in [0.1, 0.15) is 12.5 Å².